The largest absolute Gasteiger partial charge is 0.110 e. The van der Waals surface area contributed by atoms with Crippen LogP contribution in [0.15, 0.2) is 0 Å². The van der Waals surface area contributed by atoms with Crippen molar-refractivity contribution in [2.24, 2.45) is 0 Å². The van der Waals surface area contributed by atoms with Gasteiger partial charge in [0, 0.05) is 5.40 Å². The SMILES string of the molecule is CC1P=[PH]1P. The second-order valence-electron chi connectivity index (χ2n) is 1.23. The predicted octanol–water partition coefficient (Wildman–Crippen LogP) is 2.21. The van der Waals surface area contributed by atoms with Gasteiger partial charge in [-0.2, -0.15) is 0 Å². The Morgan fingerprint density at radius 2 is 2.20 bits per heavy atom. The predicted molar refractivity (Wildman–Crippen MR) is 34.4 cm³/mol. The van der Waals surface area contributed by atoms with E-state index in [1.54, 1.807) is 7.87 Å². The molecule has 3 unspecified atom stereocenters. The lowest BCUT2D eigenvalue weighted by Crippen LogP contribution is -1.51. The van der Waals surface area contributed by atoms with Gasteiger partial charge in [-0.05, 0) is 0 Å². The van der Waals surface area contributed by atoms with Crippen molar-refractivity contribution in [3.05, 3.63) is 0 Å². The van der Waals surface area contributed by atoms with Crippen molar-refractivity contribution in [3.63, 3.8) is 0 Å². The van der Waals surface area contributed by atoms with E-state index in [0.29, 0.717) is 0 Å². The molecule has 0 nitrogen and oxygen atoms in total. The maximum atomic E-state index is 2.90. The molecule has 0 N–H and O–H groups in total. The topological polar surface area (TPSA) is 0 Å². The molecule has 0 aromatic carbocycles. The molecule has 1 heterocycles. The van der Waals surface area contributed by atoms with Crippen LogP contribution in [-0.4, -0.2) is 5.40 Å². The zero-order valence-corrected chi connectivity index (χ0v) is 6.15. The highest BCUT2D eigenvalue weighted by Gasteiger charge is 2.11. The molecule has 0 saturated heterocycles. The lowest BCUT2D eigenvalue weighted by Gasteiger charge is -1.68. The van der Waals surface area contributed by atoms with E-state index in [-0.39, 0.29) is 6.90 Å². The lowest BCUT2D eigenvalue weighted by molar-refractivity contribution is 1.45. The summed E-state index contributed by atoms with van der Waals surface area (Å²) in [6.45, 7) is 2.49. The Hall–Kier alpha value is 1.16. The third-order valence-electron chi connectivity index (χ3n) is 0.703. The van der Waals surface area contributed by atoms with Crippen molar-refractivity contribution >= 4 is 23.7 Å². The van der Waals surface area contributed by atoms with Gasteiger partial charge >= 0.3 is 0 Å². The summed E-state index contributed by atoms with van der Waals surface area (Å²) in [4.78, 5) is 0. The molecule has 0 amide bonds. The quantitative estimate of drug-likeness (QED) is 0.434. The first-order valence-corrected chi connectivity index (χ1v) is 6.83. The van der Waals surface area contributed by atoms with Crippen molar-refractivity contribution in [1.29, 1.82) is 0 Å². The van der Waals surface area contributed by atoms with Crippen LogP contribution in [0.3, 0.4) is 0 Å². The van der Waals surface area contributed by atoms with E-state index in [4.69, 9.17) is 0 Å². The van der Waals surface area contributed by atoms with Crippen LogP contribution in [0.4, 0.5) is 0 Å². The molecule has 0 fully saturated rings. The minimum atomic E-state index is 0.182. The van der Waals surface area contributed by atoms with Crippen LogP contribution in [0.25, 0.3) is 0 Å². The smallest absolute Gasteiger partial charge is 0.0223 e. The van der Waals surface area contributed by atoms with Gasteiger partial charge in [-0.3, -0.25) is 0 Å². The normalized spacial score (nSPS) is 50.8. The average molecular weight is 124 g/mol. The van der Waals surface area contributed by atoms with Crippen LogP contribution < -0.4 is 0 Å². The van der Waals surface area contributed by atoms with Gasteiger partial charge in [-0.1, -0.05) is 21.7 Å². The van der Waals surface area contributed by atoms with Crippen LogP contribution in [0.1, 0.15) is 6.92 Å². The molecular weight excluding hydrogens is 117 g/mol. The molecule has 0 saturated carbocycles. The van der Waals surface area contributed by atoms with E-state index in [1.165, 1.54) is 0 Å². The lowest BCUT2D eigenvalue weighted by atomic mass is 11.0. The van der Waals surface area contributed by atoms with Gasteiger partial charge in [0.2, 0.25) is 0 Å². The Bertz CT molecular complexity index is 75.0. The fourth-order valence-electron chi connectivity index (χ4n) is 0.186. The van der Waals surface area contributed by atoms with E-state index in [9.17, 15) is 0 Å². The molecule has 3 heteroatoms. The van der Waals surface area contributed by atoms with Crippen LogP contribution in [-0.2, 0) is 0 Å². The summed E-state index contributed by atoms with van der Waals surface area (Å²) in [7, 11) is 4.63. The monoisotopic (exact) mass is 124 g/mol. The van der Waals surface area contributed by atoms with E-state index in [2.05, 4.69) is 15.9 Å². The molecule has 0 bridgehead atoms. The molecule has 0 aromatic heterocycles. The third kappa shape index (κ3) is 1.01. The first kappa shape index (κ1) is 4.32. The molecule has 1 rings (SSSR count). The Morgan fingerprint density at radius 1 is 2.00 bits per heavy atom. The maximum Gasteiger partial charge on any atom is 0.0223 e. The standard InChI is InChI=1S/C2H7P3/c1-2-4-5(2)3/h2,5H,3H2,1H3. The van der Waals surface area contributed by atoms with Gasteiger partial charge in [0.15, 0.2) is 0 Å². The summed E-state index contributed by atoms with van der Waals surface area (Å²) in [6, 6.07) is 0. The van der Waals surface area contributed by atoms with E-state index in [0.717, 1.165) is 5.40 Å². The highest BCUT2D eigenvalue weighted by Crippen LogP contribution is 2.68. The minimum Gasteiger partial charge on any atom is -0.110 e. The maximum absolute atomic E-state index is 2.90. The van der Waals surface area contributed by atoms with E-state index in [1.807, 2.05) is 0 Å². The average Bonchev–Trinajstić information content (AvgIpc) is 1.79. The van der Waals surface area contributed by atoms with Crippen LogP contribution in [0.2, 0.25) is 0 Å². The van der Waals surface area contributed by atoms with Crippen LogP contribution in [0.5, 0.6) is 0 Å². The summed E-state index contributed by atoms with van der Waals surface area (Å²) in [5, 5.41) is 1.09. The number of hydrogen-bond acceptors (Lipinski definition) is 0. The first-order valence-electron chi connectivity index (χ1n) is 1.64. The first-order chi connectivity index (χ1) is 2.30. The van der Waals surface area contributed by atoms with Gasteiger partial charge in [0.05, 0.1) is 0 Å². The molecule has 0 aromatic rings. The van der Waals surface area contributed by atoms with E-state index >= 15 is 0 Å². The van der Waals surface area contributed by atoms with Gasteiger partial charge in [-0.25, -0.2) is 0 Å². The molecular formula is C2H7P3. The highest BCUT2D eigenvalue weighted by molar-refractivity contribution is 8.39. The fraction of sp³-hybridized carbons (Fsp3) is 1.00. The molecule has 1 aliphatic rings. The van der Waals surface area contributed by atoms with Gasteiger partial charge in [-0.15, -0.1) is 8.93 Å². The molecule has 0 radical (unpaired) electrons. The zero-order valence-electron chi connectivity index (χ0n) is 3.10. The number of rotatable bonds is 0. The Morgan fingerprint density at radius 3 is 2.20 bits per heavy atom. The second kappa shape index (κ2) is 1.34. The second-order valence-corrected chi connectivity index (χ2v) is 10.1. The van der Waals surface area contributed by atoms with Gasteiger partial charge in [0.25, 0.3) is 0 Å². The minimum absolute atomic E-state index is 0.182. The molecule has 1 aliphatic heterocycles. The third-order valence-corrected chi connectivity index (χ3v) is 9.01. The summed E-state index contributed by atoms with van der Waals surface area (Å²) < 4.78 is 0. The highest BCUT2D eigenvalue weighted by atomic mass is 32.3. The van der Waals surface area contributed by atoms with Gasteiger partial charge < -0.3 is 0 Å². The fourth-order valence-corrected chi connectivity index (χ4v) is 5.70. The molecule has 0 aliphatic carbocycles. The van der Waals surface area contributed by atoms with Crippen molar-refractivity contribution in [3.8, 4) is 0 Å². The van der Waals surface area contributed by atoms with Crippen molar-refractivity contribution in [1.82, 2.24) is 0 Å². The summed E-state index contributed by atoms with van der Waals surface area (Å²) in [5.41, 5.74) is 0. The summed E-state index contributed by atoms with van der Waals surface area (Å²) >= 11 is 0. The number of hydrogen-bond donors (Lipinski definition) is 0. The van der Waals surface area contributed by atoms with E-state index < -0.39 is 0 Å². The summed E-state index contributed by atoms with van der Waals surface area (Å²) in [6.07, 6.45) is 0. The Kier molecular flexibility index (Phi) is 1.16. The van der Waals surface area contributed by atoms with Gasteiger partial charge in [0.1, 0.15) is 0 Å². The molecule has 3 atom stereocenters. The Labute approximate surface area is 36.8 Å². The van der Waals surface area contributed by atoms with Crippen LogP contribution in [0, 0.1) is 0 Å². The molecule has 0 spiro atoms. The zero-order chi connectivity index (χ0) is 3.86. The Balaban J connectivity index is 2.38. The molecule has 30 valence electrons. The van der Waals surface area contributed by atoms with Crippen molar-refractivity contribution in [2.45, 2.75) is 12.3 Å². The summed E-state index contributed by atoms with van der Waals surface area (Å²) in [5.74, 6) is 0. The molecule has 5 heavy (non-hydrogen) atoms. The van der Waals surface area contributed by atoms with Crippen molar-refractivity contribution < 1.29 is 0 Å². The van der Waals surface area contributed by atoms with Crippen molar-refractivity contribution in [2.75, 3.05) is 0 Å². The van der Waals surface area contributed by atoms with Crippen LogP contribution >= 0.6 is 23.7 Å².